The molecule has 1 aromatic rings. The van der Waals surface area contributed by atoms with E-state index in [9.17, 15) is 4.79 Å². The predicted molar refractivity (Wildman–Crippen MR) is 64.2 cm³/mol. The Kier molecular flexibility index (Phi) is 3.74. The van der Waals surface area contributed by atoms with Gasteiger partial charge in [0.25, 0.3) is 5.91 Å². The minimum Gasteiger partial charge on any atom is -0.349 e. The molecule has 1 aromatic heterocycles. The molecule has 0 bridgehead atoms. The zero-order chi connectivity index (χ0) is 11.5. The molecule has 2 heterocycles. The molecule has 0 aromatic carbocycles. The molecule has 0 saturated carbocycles. The van der Waals surface area contributed by atoms with E-state index in [4.69, 9.17) is 23.2 Å². The standard InChI is InChI=1S/C10H13Cl2N3O/c11-7-4-8(15-9(7)12)10(16)14-5-6-2-1-3-13-6/h4,6,13,15H,1-3,5H2,(H,14,16). The van der Waals surface area contributed by atoms with Crippen molar-refractivity contribution in [3.63, 3.8) is 0 Å². The molecule has 0 radical (unpaired) electrons. The van der Waals surface area contributed by atoms with Crippen LogP contribution < -0.4 is 10.6 Å². The second-order valence-electron chi connectivity index (χ2n) is 3.85. The van der Waals surface area contributed by atoms with E-state index in [1.165, 1.54) is 12.5 Å². The minimum atomic E-state index is -0.178. The van der Waals surface area contributed by atoms with E-state index in [1.54, 1.807) is 0 Å². The Bertz CT molecular complexity index is 366. The number of carbonyl (C=O) groups excluding carboxylic acids is 1. The lowest BCUT2D eigenvalue weighted by molar-refractivity contribution is 0.0946. The summed E-state index contributed by atoms with van der Waals surface area (Å²) in [5.41, 5.74) is 0.396. The second kappa shape index (κ2) is 5.08. The zero-order valence-electron chi connectivity index (χ0n) is 8.65. The first-order valence-corrected chi connectivity index (χ1v) is 5.98. The molecule has 0 aliphatic carbocycles. The average Bonchev–Trinajstić information content (AvgIpc) is 2.86. The van der Waals surface area contributed by atoms with Gasteiger partial charge in [-0.05, 0) is 25.5 Å². The SMILES string of the molecule is O=C(NCC1CCCN1)c1cc(Cl)c(Cl)[nH]1. The van der Waals surface area contributed by atoms with Crippen molar-refractivity contribution in [2.75, 3.05) is 13.1 Å². The van der Waals surface area contributed by atoms with Crippen molar-refractivity contribution in [1.29, 1.82) is 0 Å². The molecule has 0 spiro atoms. The van der Waals surface area contributed by atoms with Gasteiger partial charge in [-0.3, -0.25) is 4.79 Å². The van der Waals surface area contributed by atoms with Gasteiger partial charge in [-0.1, -0.05) is 23.2 Å². The quantitative estimate of drug-likeness (QED) is 0.778. The first-order chi connectivity index (χ1) is 7.66. The molecule has 1 aliphatic heterocycles. The van der Waals surface area contributed by atoms with Crippen molar-refractivity contribution in [3.8, 4) is 0 Å². The Morgan fingerprint density at radius 2 is 2.38 bits per heavy atom. The van der Waals surface area contributed by atoms with Gasteiger partial charge in [-0.15, -0.1) is 0 Å². The summed E-state index contributed by atoms with van der Waals surface area (Å²) in [6, 6.07) is 1.91. The number of hydrogen-bond donors (Lipinski definition) is 3. The predicted octanol–water partition coefficient (Wildman–Crippen LogP) is 1.80. The van der Waals surface area contributed by atoms with E-state index in [0.717, 1.165) is 13.0 Å². The van der Waals surface area contributed by atoms with Crippen LogP contribution in [0.25, 0.3) is 0 Å². The molecule has 1 saturated heterocycles. The maximum Gasteiger partial charge on any atom is 0.267 e. The molecule has 6 heteroatoms. The van der Waals surface area contributed by atoms with Gasteiger partial charge in [0.2, 0.25) is 0 Å². The van der Waals surface area contributed by atoms with Gasteiger partial charge >= 0.3 is 0 Å². The smallest absolute Gasteiger partial charge is 0.267 e. The van der Waals surface area contributed by atoms with Gasteiger partial charge in [0.15, 0.2) is 0 Å². The molecular formula is C10H13Cl2N3O. The van der Waals surface area contributed by atoms with Crippen molar-refractivity contribution in [2.24, 2.45) is 0 Å². The Hall–Kier alpha value is -0.710. The van der Waals surface area contributed by atoms with Crippen LogP contribution >= 0.6 is 23.2 Å². The average molecular weight is 262 g/mol. The summed E-state index contributed by atoms with van der Waals surface area (Å²) in [7, 11) is 0. The molecule has 1 aliphatic rings. The number of aromatic nitrogens is 1. The molecule has 1 unspecified atom stereocenters. The van der Waals surface area contributed by atoms with Crippen LogP contribution in [0.3, 0.4) is 0 Å². The van der Waals surface area contributed by atoms with Gasteiger partial charge in [-0.25, -0.2) is 0 Å². The highest BCUT2D eigenvalue weighted by atomic mass is 35.5. The first kappa shape index (κ1) is 11.8. The third kappa shape index (κ3) is 2.70. The number of nitrogens with one attached hydrogen (secondary N) is 3. The molecule has 16 heavy (non-hydrogen) atoms. The summed E-state index contributed by atoms with van der Waals surface area (Å²) in [4.78, 5) is 14.4. The van der Waals surface area contributed by atoms with Crippen molar-refractivity contribution < 1.29 is 4.79 Å². The van der Waals surface area contributed by atoms with Crippen LogP contribution in [-0.2, 0) is 0 Å². The fraction of sp³-hybridized carbons (Fsp3) is 0.500. The number of amides is 1. The van der Waals surface area contributed by atoms with Crippen LogP contribution in [0.2, 0.25) is 10.2 Å². The number of carbonyl (C=O) groups is 1. The van der Waals surface area contributed by atoms with Crippen molar-refractivity contribution in [3.05, 3.63) is 21.9 Å². The van der Waals surface area contributed by atoms with Gasteiger partial charge in [-0.2, -0.15) is 0 Å². The molecule has 2 rings (SSSR count). The topological polar surface area (TPSA) is 56.9 Å². The van der Waals surface area contributed by atoms with Crippen LogP contribution in [0.5, 0.6) is 0 Å². The molecule has 1 atom stereocenters. The lowest BCUT2D eigenvalue weighted by atomic mass is 10.2. The number of H-pyrrole nitrogens is 1. The van der Waals surface area contributed by atoms with Gasteiger partial charge in [0, 0.05) is 12.6 Å². The van der Waals surface area contributed by atoms with Crippen LogP contribution in [0.1, 0.15) is 23.3 Å². The highest BCUT2D eigenvalue weighted by Gasteiger charge is 2.16. The lowest BCUT2D eigenvalue weighted by Crippen LogP contribution is -2.37. The molecule has 3 N–H and O–H groups in total. The Morgan fingerprint density at radius 3 is 2.94 bits per heavy atom. The molecule has 1 fully saturated rings. The van der Waals surface area contributed by atoms with Crippen LogP contribution in [0.15, 0.2) is 6.07 Å². The third-order valence-electron chi connectivity index (χ3n) is 2.64. The molecule has 1 amide bonds. The number of rotatable bonds is 3. The van der Waals surface area contributed by atoms with Gasteiger partial charge < -0.3 is 15.6 Å². The first-order valence-electron chi connectivity index (χ1n) is 5.22. The zero-order valence-corrected chi connectivity index (χ0v) is 10.2. The third-order valence-corrected chi connectivity index (χ3v) is 3.33. The summed E-state index contributed by atoms with van der Waals surface area (Å²) in [5, 5.41) is 6.80. The highest BCUT2D eigenvalue weighted by molar-refractivity contribution is 6.41. The monoisotopic (exact) mass is 261 g/mol. The van der Waals surface area contributed by atoms with E-state index in [0.29, 0.717) is 28.5 Å². The van der Waals surface area contributed by atoms with Crippen molar-refractivity contribution in [2.45, 2.75) is 18.9 Å². The maximum atomic E-state index is 11.7. The fourth-order valence-electron chi connectivity index (χ4n) is 1.77. The van der Waals surface area contributed by atoms with E-state index in [-0.39, 0.29) is 5.91 Å². The van der Waals surface area contributed by atoms with Crippen LogP contribution in [0, 0.1) is 0 Å². The summed E-state index contributed by atoms with van der Waals surface area (Å²) in [6.45, 7) is 1.66. The van der Waals surface area contributed by atoms with E-state index in [1.807, 2.05) is 0 Å². The Labute approximate surface area is 104 Å². The Morgan fingerprint density at radius 1 is 1.56 bits per heavy atom. The normalized spacial score (nSPS) is 20.0. The van der Waals surface area contributed by atoms with Crippen molar-refractivity contribution in [1.82, 2.24) is 15.6 Å². The van der Waals surface area contributed by atoms with Gasteiger partial charge in [0.05, 0.1) is 5.02 Å². The molecule has 88 valence electrons. The summed E-state index contributed by atoms with van der Waals surface area (Å²) in [5.74, 6) is -0.178. The van der Waals surface area contributed by atoms with Crippen molar-refractivity contribution >= 4 is 29.1 Å². The molecule has 4 nitrogen and oxygen atoms in total. The fourth-order valence-corrected chi connectivity index (χ4v) is 2.08. The highest BCUT2D eigenvalue weighted by Crippen LogP contribution is 2.21. The van der Waals surface area contributed by atoms with E-state index < -0.39 is 0 Å². The molecular weight excluding hydrogens is 249 g/mol. The van der Waals surface area contributed by atoms with Gasteiger partial charge in [0.1, 0.15) is 10.8 Å². The summed E-state index contributed by atoms with van der Waals surface area (Å²) < 4.78 is 0. The van der Waals surface area contributed by atoms with E-state index >= 15 is 0 Å². The number of aromatic amines is 1. The largest absolute Gasteiger partial charge is 0.349 e. The number of hydrogen-bond acceptors (Lipinski definition) is 2. The minimum absolute atomic E-state index is 0.178. The summed E-state index contributed by atoms with van der Waals surface area (Å²) in [6.07, 6.45) is 2.27. The van der Waals surface area contributed by atoms with Crippen LogP contribution in [0.4, 0.5) is 0 Å². The summed E-state index contributed by atoms with van der Waals surface area (Å²) >= 11 is 11.5. The second-order valence-corrected chi connectivity index (χ2v) is 4.63. The van der Waals surface area contributed by atoms with Crippen LogP contribution in [-0.4, -0.2) is 30.0 Å². The van der Waals surface area contributed by atoms with E-state index in [2.05, 4.69) is 15.6 Å². The Balaban J connectivity index is 1.87. The maximum absolute atomic E-state index is 11.7. The lowest BCUT2D eigenvalue weighted by Gasteiger charge is -2.10. The number of halogens is 2.